The Labute approximate surface area is 162 Å². The van der Waals surface area contributed by atoms with Gasteiger partial charge in [-0.2, -0.15) is 11.8 Å². The fourth-order valence-corrected chi connectivity index (χ4v) is 4.97. The van der Waals surface area contributed by atoms with Crippen LogP contribution in [0.2, 0.25) is 5.02 Å². The van der Waals surface area contributed by atoms with Gasteiger partial charge in [0.25, 0.3) is 5.91 Å². The first-order valence-electron chi connectivity index (χ1n) is 8.78. The summed E-state index contributed by atoms with van der Waals surface area (Å²) in [5.41, 5.74) is 1.74. The number of carbonyl (C=O) groups excluding carboxylic acids is 1. The van der Waals surface area contributed by atoms with Crippen molar-refractivity contribution in [1.82, 2.24) is 4.90 Å². The molecule has 0 bridgehead atoms. The summed E-state index contributed by atoms with van der Waals surface area (Å²) in [6.07, 6.45) is 0.881. The Morgan fingerprint density at radius 1 is 1.08 bits per heavy atom. The first-order valence-corrected chi connectivity index (χ1v) is 10.2. The standard InChI is InChI=1S/C20H20ClNO3S/c21-16-6-2-1-4-14(16)18-8-9-22(10-13-26-18)20(23)15-5-3-7-17-19(15)25-12-11-24-17/h1-7,18H,8-13H2/t18-/m0/s1. The topological polar surface area (TPSA) is 38.8 Å². The molecule has 0 aliphatic carbocycles. The molecular formula is C20H20ClNO3S. The predicted molar refractivity (Wildman–Crippen MR) is 105 cm³/mol. The van der Waals surface area contributed by atoms with Crippen molar-refractivity contribution in [2.75, 3.05) is 32.1 Å². The smallest absolute Gasteiger partial charge is 0.257 e. The molecule has 0 spiro atoms. The third-order valence-electron chi connectivity index (χ3n) is 4.68. The van der Waals surface area contributed by atoms with Gasteiger partial charge in [-0.05, 0) is 30.2 Å². The number of fused-ring (bicyclic) bond motifs is 1. The van der Waals surface area contributed by atoms with Crippen molar-refractivity contribution >= 4 is 29.3 Å². The van der Waals surface area contributed by atoms with Gasteiger partial charge in [-0.3, -0.25) is 4.79 Å². The van der Waals surface area contributed by atoms with E-state index >= 15 is 0 Å². The molecule has 0 radical (unpaired) electrons. The summed E-state index contributed by atoms with van der Waals surface area (Å²) < 4.78 is 11.3. The highest BCUT2D eigenvalue weighted by molar-refractivity contribution is 7.99. The summed E-state index contributed by atoms with van der Waals surface area (Å²) in [6, 6.07) is 13.5. The summed E-state index contributed by atoms with van der Waals surface area (Å²) in [5.74, 6) is 2.12. The zero-order valence-corrected chi connectivity index (χ0v) is 15.9. The van der Waals surface area contributed by atoms with Gasteiger partial charge in [0, 0.05) is 29.1 Å². The van der Waals surface area contributed by atoms with Gasteiger partial charge < -0.3 is 14.4 Å². The Hall–Kier alpha value is -1.85. The van der Waals surface area contributed by atoms with Gasteiger partial charge in [0.05, 0.1) is 5.56 Å². The molecule has 26 heavy (non-hydrogen) atoms. The maximum absolute atomic E-state index is 13.1. The van der Waals surface area contributed by atoms with E-state index in [4.69, 9.17) is 21.1 Å². The normalized spacial score (nSPS) is 19.7. The Morgan fingerprint density at radius 3 is 2.81 bits per heavy atom. The second kappa shape index (κ2) is 7.80. The van der Waals surface area contributed by atoms with Crippen LogP contribution in [0.3, 0.4) is 0 Å². The largest absolute Gasteiger partial charge is 0.486 e. The van der Waals surface area contributed by atoms with E-state index in [9.17, 15) is 4.79 Å². The molecule has 2 heterocycles. The lowest BCUT2D eigenvalue weighted by Gasteiger charge is -2.24. The Balaban J connectivity index is 1.51. The fraction of sp³-hybridized carbons (Fsp3) is 0.350. The first-order chi connectivity index (χ1) is 12.7. The van der Waals surface area contributed by atoms with Gasteiger partial charge in [0.1, 0.15) is 13.2 Å². The maximum atomic E-state index is 13.1. The van der Waals surface area contributed by atoms with E-state index in [1.807, 2.05) is 53.1 Å². The summed E-state index contributed by atoms with van der Waals surface area (Å²) in [7, 11) is 0. The van der Waals surface area contributed by atoms with E-state index in [0.29, 0.717) is 42.1 Å². The number of amides is 1. The molecule has 136 valence electrons. The SMILES string of the molecule is O=C(c1cccc2c1OCCO2)N1CCS[C@H](c2ccccc2Cl)CC1. The van der Waals surface area contributed by atoms with Crippen molar-refractivity contribution < 1.29 is 14.3 Å². The minimum atomic E-state index is 0.00718. The van der Waals surface area contributed by atoms with E-state index in [0.717, 1.165) is 29.3 Å². The van der Waals surface area contributed by atoms with Crippen LogP contribution in [0.1, 0.15) is 27.6 Å². The summed E-state index contributed by atoms with van der Waals surface area (Å²) in [4.78, 5) is 15.0. The highest BCUT2D eigenvalue weighted by Gasteiger charge is 2.27. The second-order valence-electron chi connectivity index (χ2n) is 6.29. The monoisotopic (exact) mass is 389 g/mol. The van der Waals surface area contributed by atoms with Gasteiger partial charge in [-0.1, -0.05) is 35.9 Å². The van der Waals surface area contributed by atoms with Crippen LogP contribution in [-0.4, -0.2) is 42.9 Å². The van der Waals surface area contributed by atoms with Gasteiger partial charge in [0.2, 0.25) is 0 Å². The Kier molecular flexibility index (Phi) is 5.27. The summed E-state index contributed by atoms with van der Waals surface area (Å²) >= 11 is 8.22. The minimum Gasteiger partial charge on any atom is -0.486 e. The van der Waals surface area contributed by atoms with Crippen molar-refractivity contribution in [1.29, 1.82) is 0 Å². The van der Waals surface area contributed by atoms with E-state index in [1.165, 1.54) is 0 Å². The molecule has 2 aliphatic heterocycles. The van der Waals surface area contributed by atoms with Gasteiger partial charge in [-0.15, -0.1) is 0 Å². The summed E-state index contributed by atoms with van der Waals surface area (Å²) in [5, 5.41) is 1.11. The molecule has 1 saturated heterocycles. The van der Waals surface area contributed by atoms with Crippen molar-refractivity contribution in [3.05, 3.63) is 58.6 Å². The van der Waals surface area contributed by atoms with Crippen LogP contribution in [-0.2, 0) is 0 Å². The van der Waals surface area contributed by atoms with E-state index < -0.39 is 0 Å². The van der Waals surface area contributed by atoms with E-state index in [1.54, 1.807) is 0 Å². The van der Waals surface area contributed by atoms with Crippen LogP contribution >= 0.6 is 23.4 Å². The lowest BCUT2D eigenvalue weighted by Crippen LogP contribution is -2.33. The molecule has 2 aromatic carbocycles. The molecule has 4 rings (SSSR count). The molecule has 0 unspecified atom stereocenters. The molecule has 2 aromatic rings. The molecule has 4 nitrogen and oxygen atoms in total. The average Bonchev–Trinajstić information content (AvgIpc) is 2.93. The number of ether oxygens (including phenoxy) is 2. The first kappa shape index (κ1) is 17.6. The highest BCUT2D eigenvalue weighted by Crippen LogP contribution is 2.39. The average molecular weight is 390 g/mol. The zero-order valence-electron chi connectivity index (χ0n) is 14.3. The lowest BCUT2D eigenvalue weighted by molar-refractivity contribution is 0.0756. The molecular weight excluding hydrogens is 370 g/mol. The van der Waals surface area contributed by atoms with E-state index in [2.05, 4.69) is 6.07 Å². The van der Waals surface area contributed by atoms with Gasteiger partial charge >= 0.3 is 0 Å². The number of hydrogen-bond acceptors (Lipinski definition) is 4. The number of para-hydroxylation sites is 1. The van der Waals surface area contributed by atoms with Crippen molar-refractivity contribution in [3.8, 4) is 11.5 Å². The zero-order chi connectivity index (χ0) is 17.9. The molecule has 1 amide bonds. The molecule has 6 heteroatoms. The number of nitrogens with zero attached hydrogens (tertiary/aromatic N) is 1. The van der Waals surface area contributed by atoms with Crippen molar-refractivity contribution in [2.45, 2.75) is 11.7 Å². The van der Waals surface area contributed by atoms with Crippen LogP contribution in [0, 0.1) is 0 Å². The fourth-order valence-electron chi connectivity index (χ4n) is 3.37. The van der Waals surface area contributed by atoms with Crippen LogP contribution in [0.4, 0.5) is 0 Å². The number of rotatable bonds is 2. The van der Waals surface area contributed by atoms with Crippen LogP contribution in [0.15, 0.2) is 42.5 Å². The lowest BCUT2D eigenvalue weighted by atomic mass is 10.1. The predicted octanol–water partition coefficient (Wildman–Crippen LogP) is 4.43. The molecule has 1 fully saturated rings. The maximum Gasteiger partial charge on any atom is 0.257 e. The number of carbonyl (C=O) groups is 1. The van der Waals surface area contributed by atoms with Crippen LogP contribution < -0.4 is 9.47 Å². The number of hydrogen-bond donors (Lipinski definition) is 0. The molecule has 0 saturated carbocycles. The summed E-state index contributed by atoms with van der Waals surface area (Å²) in [6.45, 7) is 2.41. The number of halogens is 1. The second-order valence-corrected chi connectivity index (χ2v) is 8.01. The highest BCUT2D eigenvalue weighted by atomic mass is 35.5. The third kappa shape index (κ3) is 3.51. The number of thioether (sulfide) groups is 1. The van der Waals surface area contributed by atoms with E-state index in [-0.39, 0.29) is 5.91 Å². The molecule has 2 aliphatic rings. The molecule has 0 aromatic heterocycles. The van der Waals surface area contributed by atoms with Crippen LogP contribution in [0.25, 0.3) is 0 Å². The minimum absolute atomic E-state index is 0.00718. The molecule has 0 N–H and O–H groups in total. The third-order valence-corrected chi connectivity index (χ3v) is 6.33. The van der Waals surface area contributed by atoms with Crippen molar-refractivity contribution in [2.24, 2.45) is 0 Å². The van der Waals surface area contributed by atoms with Crippen LogP contribution in [0.5, 0.6) is 11.5 Å². The molecule has 1 atom stereocenters. The van der Waals surface area contributed by atoms with Crippen molar-refractivity contribution in [3.63, 3.8) is 0 Å². The Morgan fingerprint density at radius 2 is 1.92 bits per heavy atom. The van der Waals surface area contributed by atoms with Gasteiger partial charge in [0.15, 0.2) is 11.5 Å². The number of benzene rings is 2. The quantitative estimate of drug-likeness (QED) is 0.761. The Bertz CT molecular complexity index is 813. The van der Waals surface area contributed by atoms with Gasteiger partial charge in [-0.25, -0.2) is 0 Å².